The van der Waals surface area contributed by atoms with Crippen LogP contribution >= 0.6 is 15.9 Å². The first-order valence-electron chi connectivity index (χ1n) is 4.96. The van der Waals surface area contributed by atoms with E-state index in [-0.39, 0.29) is 5.69 Å². The van der Waals surface area contributed by atoms with Crippen LogP contribution in [0.2, 0.25) is 0 Å². The number of carbonyl (C=O) groups excluding carboxylic acids is 1. The summed E-state index contributed by atoms with van der Waals surface area (Å²) in [5.74, 6) is -0.0693. The summed E-state index contributed by atoms with van der Waals surface area (Å²) in [5, 5.41) is 3.63. The standard InChI is InChI=1S/C11H9BrN2O3/c1-2-16-11(15)9-5-10(17-14-9)8-4-3-7(12)6-13-8/h3-6H,2H2,1H3. The number of esters is 1. The Kier molecular flexibility index (Phi) is 3.53. The third-order valence-corrected chi connectivity index (χ3v) is 2.44. The number of rotatable bonds is 3. The molecule has 0 amide bonds. The zero-order valence-electron chi connectivity index (χ0n) is 9.01. The second-order valence-corrected chi connectivity index (χ2v) is 4.07. The van der Waals surface area contributed by atoms with Crippen LogP contribution in [0.4, 0.5) is 0 Å². The van der Waals surface area contributed by atoms with E-state index in [0.717, 1.165) is 4.47 Å². The SMILES string of the molecule is CCOC(=O)c1cc(-c2ccc(Br)cn2)on1. The van der Waals surface area contributed by atoms with Crippen molar-refractivity contribution in [3.8, 4) is 11.5 Å². The van der Waals surface area contributed by atoms with E-state index in [1.165, 1.54) is 6.07 Å². The number of ether oxygens (including phenoxy) is 1. The van der Waals surface area contributed by atoms with Crippen LogP contribution in [-0.2, 0) is 4.74 Å². The van der Waals surface area contributed by atoms with Crippen molar-refractivity contribution in [2.45, 2.75) is 6.92 Å². The maximum Gasteiger partial charge on any atom is 0.360 e. The van der Waals surface area contributed by atoms with Gasteiger partial charge in [0.25, 0.3) is 0 Å². The lowest BCUT2D eigenvalue weighted by Crippen LogP contribution is -2.04. The van der Waals surface area contributed by atoms with Crippen molar-refractivity contribution in [3.63, 3.8) is 0 Å². The van der Waals surface area contributed by atoms with Gasteiger partial charge in [-0.15, -0.1) is 0 Å². The second-order valence-electron chi connectivity index (χ2n) is 3.16. The molecule has 0 unspecified atom stereocenters. The van der Waals surface area contributed by atoms with Gasteiger partial charge < -0.3 is 9.26 Å². The predicted molar refractivity (Wildman–Crippen MR) is 63.4 cm³/mol. The topological polar surface area (TPSA) is 65.2 Å². The van der Waals surface area contributed by atoms with Gasteiger partial charge in [0.1, 0.15) is 5.69 Å². The molecule has 0 aliphatic rings. The van der Waals surface area contributed by atoms with E-state index >= 15 is 0 Å². The Morgan fingerprint density at radius 3 is 3.00 bits per heavy atom. The Labute approximate surface area is 106 Å². The van der Waals surface area contributed by atoms with E-state index in [2.05, 4.69) is 26.1 Å². The molecule has 0 aromatic carbocycles. The average Bonchev–Trinajstić information content (AvgIpc) is 2.80. The highest BCUT2D eigenvalue weighted by Gasteiger charge is 2.14. The van der Waals surface area contributed by atoms with Gasteiger partial charge in [-0.05, 0) is 35.0 Å². The molecule has 2 aromatic rings. The van der Waals surface area contributed by atoms with Crippen LogP contribution in [-0.4, -0.2) is 22.7 Å². The van der Waals surface area contributed by atoms with Crippen LogP contribution < -0.4 is 0 Å². The van der Waals surface area contributed by atoms with Crippen LogP contribution in [0.5, 0.6) is 0 Å². The molecule has 0 bridgehead atoms. The van der Waals surface area contributed by atoms with E-state index in [9.17, 15) is 4.79 Å². The third-order valence-electron chi connectivity index (χ3n) is 1.97. The fraction of sp³-hybridized carbons (Fsp3) is 0.182. The fourth-order valence-corrected chi connectivity index (χ4v) is 1.45. The van der Waals surface area contributed by atoms with Gasteiger partial charge in [-0.1, -0.05) is 5.16 Å². The maximum absolute atomic E-state index is 11.4. The van der Waals surface area contributed by atoms with Gasteiger partial charge in [0.05, 0.1) is 6.61 Å². The van der Waals surface area contributed by atoms with Gasteiger partial charge in [0, 0.05) is 16.7 Å². The van der Waals surface area contributed by atoms with Gasteiger partial charge in [-0.2, -0.15) is 0 Å². The molecule has 0 atom stereocenters. The lowest BCUT2D eigenvalue weighted by molar-refractivity contribution is 0.0514. The first kappa shape index (κ1) is 11.8. The van der Waals surface area contributed by atoms with E-state index in [1.807, 2.05) is 6.07 Å². The highest BCUT2D eigenvalue weighted by atomic mass is 79.9. The van der Waals surface area contributed by atoms with Crippen molar-refractivity contribution in [1.29, 1.82) is 0 Å². The first-order valence-corrected chi connectivity index (χ1v) is 5.75. The average molecular weight is 297 g/mol. The van der Waals surface area contributed by atoms with Crippen LogP contribution in [0.1, 0.15) is 17.4 Å². The zero-order valence-corrected chi connectivity index (χ0v) is 10.6. The molecule has 0 N–H and O–H groups in total. The summed E-state index contributed by atoms with van der Waals surface area (Å²) in [7, 11) is 0. The Morgan fingerprint density at radius 2 is 2.35 bits per heavy atom. The number of nitrogens with zero attached hydrogens (tertiary/aromatic N) is 2. The number of hydrogen-bond acceptors (Lipinski definition) is 5. The molecule has 6 heteroatoms. The fourth-order valence-electron chi connectivity index (χ4n) is 1.22. The smallest absolute Gasteiger partial charge is 0.360 e. The lowest BCUT2D eigenvalue weighted by Gasteiger charge is -1.94. The molecule has 2 aromatic heterocycles. The van der Waals surface area contributed by atoms with Crippen LogP contribution in [0.15, 0.2) is 33.4 Å². The molecule has 0 radical (unpaired) electrons. The molecule has 0 spiro atoms. The molecule has 2 rings (SSSR count). The number of aromatic nitrogens is 2. The highest BCUT2D eigenvalue weighted by molar-refractivity contribution is 9.10. The molecule has 17 heavy (non-hydrogen) atoms. The Hall–Kier alpha value is -1.69. The van der Waals surface area contributed by atoms with Crippen LogP contribution in [0, 0.1) is 0 Å². The molecular formula is C11H9BrN2O3. The van der Waals surface area contributed by atoms with Crippen molar-refractivity contribution >= 4 is 21.9 Å². The molecular weight excluding hydrogens is 288 g/mol. The van der Waals surface area contributed by atoms with E-state index in [4.69, 9.17) is 9.26 Å². The van der Waals surface area contributed by atoms with Gasteiger partial charge >= 0.3 is 5.97 Å². The summed E-state index contributed by atoms with van der Waals surface area (Å²) in [6.45, 7) is 2.03. The van der Waals surface area contributed by atoms with Gasteiger partial charge in [-0.25, -0.2) is 4.79 Å². The first-order chi connectivity index (χ1) is 8.20. The summed E-state index contributed by atoms with van der Waals surface area (Å²) in [5.41, 5.74) is 0.753. The molecule has 0 aliphatic heterocycles. The summed E-state index contributed by atoms with van der Waals surface area (Å²) >= 11 is 3.28. The van der Waals surface area contributed by atoms with Gasteiger partial charge in [0.15, 0.2) is 11.5 Å². The van der Waals surface area contributed by atoms with Crippen molar-refractivity contribution in [3.05, 3.63) is 34.6 Å². The molecule has 0 saturated carbocycles. The van der Waals surface area contributed by atoms with E-state index in [0.29, 0.717) is 18.1 Å². The van der Waals surface area contributed by atoms with Crippen molar-refractivity contribution in [1.82, 2.24) is 10.1 Å². The van der Waals surface area contributed by atoms with Crippen molar-refractivity contribution < 1.29 is 14.1 Å². The third kappa shape index (κ3) is 2.71. The largest absolute Gasteiger partial charge is 0.461 e. The highest BCUT2D eigenvalue weighted by Crippen LogP contribution is 2.20. The summed E-state index contributed by atoms with van der Waals surface area (Å²) in [6.07, 6.45) is 1.64. The maximum atomic E-state index is 11.4. The second kappa shape index (κ2) is 5.09. The molecule has 0 aliphatic carbocycles. The Bertz CT molecular complexity index is 522. The summed E-state index contributed by atoms with van der Waals surface area (Å²) < 4.78 is 10.7. The summed E-state index contributed by atoms with van der Waals surface area (Å²) in [6, 6.07) is 5.10. The molecule has 0 fully saturated rings. The van der Waals surface area contributed by atoms with E-state index in [1.54, 1.807) is 19.2 Å². The van der Waals surface area contributed by atoms with Crippen molar-refractivity contribution in [2.75, 3.05) is 6.61 Å². The lowest BCUT2D eigenvalue weighted by atomic mass is 10.2. The van der Waals surface area contributed by atoms with Crippen LogP contribution in [0.3, 0.4) is 0 Å². The quantitative estimate of drug-likeness (QED) is 0.815. The van der Waals surface area contributed by atoms with Crippen molar-refractivity contribution in [2.24, 2.45) is 0 Å². The number of hydrogen-bond donors (Lipinski definition) is 0. The minimum absolute atomic E-state index is 0.145. The Morgan fingerprint density at radius 1 is 1.53 bits per heavy atom. The number of halogens is 1. The molecule has 0 saturated heterocycles. The monoisotopic (exact) mass is 296 g/mol. The van der Waals surface area contributed by atoms with Crippen LogP contribution in [0.25, 0.3) is 11.5 Å². The minimum atomic E-state index is -0.500. The van der Waals surface area contributed by atoms with Gasteiger partial charge in [0.2, 0.25) is 0 Å². The zero-order chi connectivity index (χ0) is 12.3. The summed E-state index contributed by atoms with van der Waals surface area (Å²) in [4.78, 5) is 15.5. The normalized spacial score (nSPS) is 10.2. The predicted octanol–water partition coefficient (Wildman–Crippen LogP) is 2.68. The molecule has 88 valence electrons. The number of carbonyl (C=O) groups is 1. The molecule has 2 heterocycles. The molecule has 5 nitrogen and oxygen atoms in total. The number of pyridine rings is 1. The van der Waals surface area contributed by atoms with Gasteiger partial charge in [-0.3, -0.25) is 4.98 Å². The Balaban J connectivity index is 2.23. The van der Waals surface area contributed by atoms with E-state index < -0.39 is 5.97 Å². The minimum Gasteiger partial charge on any atom is -0.461 e.